The van der Waals surface area contributed by atoms with E-state index >= 15 is 0 Å². The molecule has 0 radical (unpaired) electrons. The fraction of sp³-hybridized carbons (Fsp3) is 0.200. The van der Waals surface area contributed by atoms with E-state index in [1.165, 1.54) is 0 Å². The number of hydrogen-bond acceptors (Lipinski definition) is 4. The topological polar surface area (TPSA) is 21.3 Å². The van der Waals surface area contributed by atoms with Crippen molar-refractivity contribution < 1.29 is 4.74 Å². The number of ether oxygens (including phenoxy) is 1. The number of thioether (sulfide) groups is 2. The van der Waals surface area contributed by atoms with Crippen molar-refractivity contribution in [3.05, 3.63) is 47.6 Å². The molecule has 0 bridgehead atoms. The molecule has 0 aliphatic carbocycles. The summed E-state index contributed by atoms with van der Waals surface area (Å²) in [6.07, 6.45) is 5.43. The molecule has 0 amide bonds. The van der Waals surface area contributed by atoms with Gasteiger partial charge in [0.15, 0.2) is 0 Å². The largest absolute Gasteiger partial charge is 0.496 e. The highest BCUT2D eigenvalue weighted by Gasteiger charge is 2.14. The van der Waals surface area contributed by atoms with Crippen molar-refractivity contribution in [1.29, 1.82) is 0 Å². The Labute approximate surface area is 93.2 Å². The Balaban J connectivity index is 2.47. The standard InChI is InChI=1S/C10H13NOS2/c1-4-5-9(12-3)8(2)14-10-11-6-7-13-10/h4-7,10-11H,1-2H2,3H3/b9-5+. The van der Waals surface area contributed by atoms with Crippen LogP contribution >= 0.6 is 23.5 Å². The molecule has 4 heteroatoms. The summed E-state index contributed by atoms with van der Waals surface area (Å²) in [6.45, 7) is 7.57. The lowest BCUT2D eigenvalue weighted by atomic mass is 10.4. The molecule has 0 aromatic carbocycles. The summed E-state index contributed by atoms with van der Waals surface area (Å²) in [6, 6.07) is 0. The van der Waals surface area contributed by atoms with Crippen LogP contribution in [0, 0.1) is 0 Å². The zero-order valence-corrected chi connectivity index (χ0v) is 9.66. The Morgan fingerprint density at radius 2 is 2.50 bits per heavy atom. The minimum atomic E-state index is 0.297. The van der Waals surface area contributed by atoms with E-state index in [9.17, 15) is 0 Å². The molecule has 1 unspecified atom stereocenters. The van der Waals surface area contributed by atoms with Gasteiger partial charge in [-0.2, -0.15) is 0 Å². The van der Waals surface area contributed by atoms with E-state index in [0.29, 0.717) is 4.71 Å². The highest BCUT2D eigenvalue weighted by atomic mass is 32.2. The molecule has 1 N–H and O–H groups in total. The highest BCUT2D eigenvalue weighted by molar-refractivity contribution is 8.20. The Morgan fingerprint density at radius 1 is 1.71 bits per heavy atom. The fourth-order valence-corrected chi connectivity index (χ4v) is 2.79. The number of methoxy groups -OCH3 is 1. The number of nitrogens with one attached hydrogen (secondary N) is 1. The summed E-state index contributed by atoms with van der Waals surface area (Å²) in [5.41, 5.74) is 0. The first kappa shape index (κ1) is 11.3. The zero-order chi connectivity index (χ0) is 10.4. The number of rotatable bonds is 5. The molecule has 0 fully saturated rings. The Kier molecular flexibility index (Phi) is 4.76. The second-order valence-corrected chi connectivity index (χ2v) is 4.96. The van der Waals surface area contributed by atoms with Gasteiger partial charge in [-0.25, -0.2) is 0 Å². The van der Waals surface area contributed by atoms with Gasteiger partial charge in [0.05, 0.1) is 7.11 Å². The Bertz CT molecular complexity index is 276. The average Bonchev–Trinajstić information content (AvgIpc) is 2.66. The van der Waals surface area contributed by atoms with E-state index in [1.54, 1.807) is 36.7 Å². The van der Waals surface area contributed by atoms with Crippen molar-refractivity contribution >= 4 is 23.5 Å². The summed E-state index contributed by atoms with van der Waals surface area (Å²) >= 11 is 3.35. The first-order valence-corrected chi connectivity index (χ1v) is 5.89. The van der Waals surface area contributed by atoms with Gasteiger partial charge in [0, 0.05) is 11.1 Å². The summed E-state index contributed by atoms with van der Waals surface area (Å²) < 4.78 is 5.47. The van der Waals surface area contributed by atoms with Crippen LogP contribution in [0.3, 0.4) is 0 Å². The minimum Gasteiger partial charge on any atom is -0.496 e. The molecule has 1 heterocycles. The van der Waals surface area contributed by atoms with Crippen molar-refractivity contribution in [2.75, 3.05) is 7.11 Å². The summed E-state index contributed by atoms with van der Waals surface area (Å²) in [5.74, 6) is 0.763. The van der Waals surface area contributed by atoms with Crippen LogP contribution in [0.2, 0.25) is 0 Å². The Hall–Kier alpha value is -0.740. The maximum atomic E-state index is 5.17. The smallest absolute Gasteiger partial charge is 0.131 e. The predicted molar refractivity (Wildman–Crippen MR) is 65.7 cm³/mol. The molecule has 0 aromatic rings. The Morgan fingerprint density at radius 3 is 3.00 bits per heavy atom. The van der Waals surface area contributed by atoms with Crippen molar-refractivity contribution in [3.63, 3.8) is 0 Å². The van der Waals surface area contributed by atoms with E-state index < -0.39 is 0 Å². The summed E-state index contributed by atoms with van der Waals surface area (Å²) in [7, 11) is 1.63. The molecule has 1 aliphatic heterocycles. The van der Waals surface area contributed by atoms with E-state index in [-0.39, 0.29) is 0 Å². The van der Waals surface area contributed by atoms with Crippen molar-refractivity contribution in [2.45, 2.75) is 4.71 Å². The third kappa shape index (κ3) is 3.20. The van der Waals surface area contributed by atoms with Gasteiger partial charge in [-0.1, -0.05) is 42.8 Å². The van der Waals surface area contributed by atoms with Crippen LogP contribution in [0.1, 0.15) is 0 Å². The average molecular weight is 227 g/mol. The maximum Gasteiger partial charge on any atom is 0.131 e. The van der Waals surface area contributed by atoms with Gasteiger partial charge in [0.25, 0.3) is 0 Å². The molecule has 1 aliphatic rings. The van der Waals surface area contributed by atoms with Gasteiger partial charge >= 0.3 is 0 Å². The molecule has 14 heavy (non-hydrogen) atoms. The summed E-state index contributed by atoms with van der Waals surface area (Å²) in [5, 5.41) is 5.21. The predicted octanol–water partition coefficient (Wildman–Crippen LogP) is 3.04. The normalized spacial score (nSPS) is 20.4. The second-order valence-electron chi connectivity index (χ2n) is 2.45. The van der Waals surface area contributed by atoms with Crippen LogP contribution < -0.4 is 5.32 Å². The molecule has 0 spiro atoms. The molecule has 2 nitrogen and oxygen atoms in total. The first-order valence-electron chi connectivity index (χ1n) is 4.07. The second kappa shape index (κ2) is 5.88. The summed E-state index contributed by atoms with van der Waals surface area (Å²) in [4.78, 5) is 0.904. The number of hydrogen-bond donors (Lipinski definition) is 1. The highest BCUT2D eigenvalue weighted by Crippen LogP contribution is 2.34. The van der Waals surface area contributed by atoms with Gasteiger partial charge in [0.1, 0.15) is 10.5 Å². The van der Waals surface area contributed by atoms with Gasteiger partial charge in [-0.15, -0.1) is 0 Å². The van der Waals surface area contributed by atoms with Gasteiger partial charge in [-0.3, -0.25) is 0 Å². The number of allylic oxidation sites excluding steroid dienone is 2. The van der Waals surface area contributed by atoms with Crippen molar-refractivity contribution in [1.82, 2.24) is 5.32 Å². The lowest BCUT2D eigenvalue weighted by Crippen LogP contribution is -2.11. The zero-order valence-electron chi connectivity index (χ0n) is 8.03. The van der Waals surface area contributed by atoms with Crippen LogP contribution in [-0.2, 0) is 4.74 Å². The van der Waals surface area contributed by atoms with E-state index in [0.717, 1.165) is 10.7 Å². The lowest BCUT2D eigenvalue weighted by Gasteiger charge is -2.13. The molecule has 0 saturated carbocycles. The minimum absolute atomic E-state index is 0.297. The lowest BCUT2D eigenvalue weighted by molar-refractivity contribution is 0.305. The van der Waals surface area contributed by atoms with E-state index in [1.807, 2.05) is 17.7 Å². The third-order valence-electron chi connectivity index (χ3n) is 1.52. The van der Waals surface area contributed by atoms with Crippen LogP contribution in [-0.4, -0.2) is 11.8 Å². The monoisotopic (exact) mass is 227 g/mol. The SMILES string of the molecule is C=C/C=C(/OC)C(=C)SC1NC=CS1. The van der Waals surface area contributed by atoms with Crippen molar-refractivity contribution in [3.8, 4) is 0 Å². The van der Waals surface area contributed by atoms with Crippen LogP contribution in [0.4, 0.5) is 0 Å². The van der Waals surface area contributed by atoms with Crippen LogP contribution in [0.5, 0.6) is 0 Å². The van der Waals surface area contributed by atoms with Crippen LogP contribution in [0.25, 0.3) is 0 Å². The van der Waals surface area contributed by atoms with Gasteiger partial charge in [-0.05, 0) is 11.5 Å². The maximum absolute atomic E-state index is 5.17. The van der Waals surface area contributed by atoms with E-state index in [4.69, 9.17) is 4.74 Å². The first-order chi connectivity index (χ1) is 6.77. The quantitative estimate of drug-likeness (QED) is 0.575. The fourth-order valence-electron chi connectivity index (χ4n) is 0.899. The van der Waals surface area contributed by atoms with Crippen LogP contribution in [0.15, 0.2) is 47.6 Å². The molecule has 0 saturated heterocycles. The molecule has 1 rings (SSSR count). The van der Waals surface area contributed by atoms with Gasteiger partial charge < -0.3 is 10.1 Å². The third-order valence-corrected chi connectivity index (χ3v) is 3.65. The van der Waals surface area contributed by atoms with Gasteiger partial charge in [0.2, 0.25) is 0 Å². The van der Waals surface area contributed by atoms with Crippen molar-refractivity contribution in [2.24, 2.45) is 0 Å². The molecule has 0 aromatic heterocycles. The van der Waals surface area contributed by atoms with E-state index in [2.05, 4.69) is 18.5 Å². The molecule has 1 atom stereocenters. The molecular formula is C10H13NOS2. The molecule has 76 valence electrons. The molecular weight excluding hydrogens is 214 g/mol.